The number of thiophene rings is 1. The first kappa shape index (κ1) is 33.6. The monoisotopic (exact) mass is 748 g/mol. The van der Waals surface area contributed by atoms with Gasteiger partial charge >= 0.3 is 0 Å². The predicted molar refractivity (Wildman–Crippen MR) is 234 cm³/mol. The molecule has 1 saturated carbocycles. The van der Waals surface area contributed by atoms with Gasteiger partial charge in [-0.25, -0.2) is 15.0 Å². The maximum Gasteiger partial charge on any atom is 0.164 e. The summed E-state index contributed by atoms with van der Waals surface area (Å²) >= 11 is 1.83. The van der Waals surface area contributed by atoms with Gasteiger partial charge in [0.25, 0.3) is 0 Å². The molecule has 4 nitrogen and oxygen atoms in total. The van der Waals surface area contributed by atoms with Crippen molar-refractivity contribution < 1.29 is 0 Å². The molecule has 0 radical (unpaired) electrons. The van der Waals surface area contributed by atoms with Crippen LogP contribution in [-0.2, 0) is 5.41 Å². The van der Waals surface area contributed by atoms with Crippen LogP contribution in [-0.4, -0.2) is 15.0 Å². The van der Waals surface area contributed by atoms with Crippen LogP contribution in [0.1, 0.15) is 48.8 Å². The molecule has 5 heteroatoms. The van der Waals surface area contributed by atoms with Crippen LogP contribution in [0.5, 0.6) is 0 Å². The van der Waals surface area contributed by atoms with Crippen LogP contribution in [0.4, 0.5) is 0 Å². The molecule has 0 atom stereocenters. The van der Waals surface area contributed by atoms with Gasteiger partial charge in [0.05, 0.1) is 11.6 Å². The Bertz CT molecular complexity index is 3080. The molecule has 0 bridgehead atoms. The van der Waals surface area contributed by atoms with Crippen molar-refractivity contribution in [3.05, 3.63) is 174 Å². The molecular formula is C52H36N4S. The maximum absolute atomic E-state index is 9.86. The summed E-state index contributed by atoms with van der Waals surface area (Å²) in [7, 11) is 0. The molecule has 1 spiro atoms. The van der Waals surface area contributed by atoms with Crippen LogP contribution < -0.4 is 0 Å². The van der Waals surface area contributed by atoms with Crippen molar-refractivity contribution >= 4 is 31.5 Å². The zero-order chi connectivity index (χ0) is 37.9. The molecular weight excluding hydrogens is 713 g/mol. The molecule has 7 aromatic carbocycles. The Balaban J connectivity index is 1.07. The predicted octanol–water partition coefficient (Wildman–Crippen LogP) is 13.7. The number of nitriles is 1. The van der Waals surface area contributed by atoms with E-state index in [1.807, 2.05) is 35.6 Å². The van der Waals surface area contributed by atoms with E-state index in [0.717, 1.165) is 57.3 Å². The minimum absolute atomic E-state index is 0.0793. The van der Waals surface area contributed by atoms with Crippen LogP contribution >= 0.6 is 11.3 Å². The van der Waals surface area contributed by atoms with Crippen LogP contribution in [0.25, 0.3) is 87.7 Å². The average molecular weight is 749 g/mol. The summed E-state index contributed by atoms with van der Waals surface area (Å²) in [5, 5.41) is 12.4. The van der Waals surface area contributed by atoms with Crippen molar-refractivity contribution in [1.29, 1.82) is 5.26 Å². The van der Waals surface area contributed by atoms with Gasteiger partial charge in [-0.15, -0.1) is 11.3 Å². The Hall–Kier alpha value is -6.74. The minimum atomic E-state index is -0.0793. The molecule has 2 aliphatic carbocycles. The number of fused-ring (bicyclic) bond motifs is 8. The lowest BCUT2D eigenvalue weighted by atomic mass is 9.67. The van der Waals surface area contributed by atoms with Crippen LogP contribution in [0.2, 0.25) is 0 Å². The Morgan fingerprint density at radius 1 is 0.439 bits per heavy atom. The Morgan fingerprint density at radius 3 is 1.72 bits per heavy atom. The largest absolute Gasteiger partial charge is 0.208 e. The van der Waals surface area contributed by atoms with E-state index in [4.69, 9.17) is 15.0 Å². The fourth-order valence-electron chi connectivity index (χ4n) is 9.51. The summed E-state index contributed by atoms with van der Waals surface area (Å²) in [6.07, 6.45) is 5.82. The van der Waals surface area contributed by atoms with Gasteiger partial charge in [-0.2, -0.15) is 5.26 Å². The van der Waals surface area contributed by atoms with Crippen molar-refractivity contribution in [3.8, 4) is 73.6 Å². The van der Waals surface area contributed by atoms with Crippen molar-refractivity contribution in [2.45, 2.75) is 37.5 Å². The third-order valence-electron chi connectivity index (χ3n) is 12.2. The lowest BCUT2D eigenvalue weighted by molar-refractivity contribution is 0.353. The highest BCUT2D eigenvalue weighted by Gasteiger charge is 2.44. The van der Waals surface area contributed by atoms with E-state index < -0.39 is 0 Å². The molecule has 9 aromatic rings. The maximum atomic E-state index is 9.86. The Labute approximate surface area is 335 Å². The smallest absolute Gasteiger partial charge is 0.164 e. The van der Waals surface area contributed by atoms with E-state index in [-0.39, 0.29) is 5.41 Å². The van der Waals surface area contributed by atoms with E-state index in [1.54, 1.807) is 0 Å². The van der Waals surface area contributed by atoms with Crippen molar-refractivity contribution in [2.75, 3.05) is 0 Å². The average Bonchev–Trinajstić information content (AvgIpc) is 3.78. The van der Waals surface area contributed by atoms with Gasteiger partial charge < -0.3 is 0 Å². The Morgan fingerprint density at radius 2 is 1.00 bits per heavy atom. The van der Waals surface area contributed by atoms with E-state index in [9.17, 15) is 5.26 Å². The van der Waals surface area contributed by atoms with Gasteiger partial charge in [0.15, 0.2) is 17.5 Å². The van der Waals surface area contributed by atoms with Gasteiger partial charge in [-0.3, -0.25) is 0 Å². The third-order valence-corrected chi connectivity index (χ3v) is 13.3. The first-order valence-corrected chi connectivity index (χ1v) is 20.6. The normalized spacial score (nSPS) is 14.1. The number of aromatic nitrogens is 3. The van der Waals surface area contributed by atoms with Crippen molar-refractivity contribution in [2.24, 2.45) is 0 Å². The highest BCUT2D eigenvalue weighted by molar-refractivity contribution is 7.25. The number of hydrogen-bond donors (Lipinski definition) is 0. The summed E-state index contributed by atoms with van der Waals surface area (Å²) in [5.74, 6) is 1.91. The lowest BCUT2D eigenvalue weighted by Crippen LogP contribution is -2.28. The lowest BCUT2D eigenvalue weighted by Gasteiger charge is -2.36. The van der Waals surface area contributed by atoms with E-state index in [2.05, 4.69) is 140 Å². The quantitative estimate of drug-likeness (QED) is 0.176. The topological polar surface area (TPSA) is 62.5 Å². The molecule has 0 unspecified atom stereocenters. The Kier molecular flexibility index (Phi) is 7.94. The van der Waals surface area contributed by atoms with Gasteiger partial charge in [-0.1, -0.05) is 147 Å². The first-order chi connectivity index (χ1) is 28.2. The SMILES string of the molecule is N#Cc1ccc2c(c1)C1(CCCCC1)c1cc(-c3ccccc3-c3nc(-c4ccccc4)nc(-c4ccccc4-c4ccc5c(c4)sc4ccccc45)n3)ccc1-2. The molecule has 0 amide bonds. The molecule has 57 heavy (non-hydrogen) atoms. The van der Waals surface area contributed by atoms with Crippen molar-refractivity contribution in [3.63, 3.8) is 0 Å². The molecule has 2 aliphatic rings. The molecule has 11 rings (SSSR count). The molecule has 270 valence electrons. The molecule has 0 N–H and O–H groups in total. The van der Waals surface area contributed by atoms with Gasteiger partial charge in [0, 0.05) is 42.3 Å². The standard InChI is InChI=1S/C52H36N4S/c53-32-33-21-24-39-40-25-22-35(30-46(40)52(45(39)29-33)27-11-2-12-28-52)37-15-5-7-18-43(37)50-54-49(34-13-3-1-4-14-34)55-51(56-50)44-19-8-6-16-38(44)36-23-26-42-41-17-9-10-20-47(41)57-48(42)31-36/h1,3-10,13-26,29-31H,2,11-12,27-28H2. The first-order valence-electron chi connectivity index (χ1n) is 19.8. The molecule has 2 aromatic heterocycles. The summed E-state index contributed by atoms with van der Waals surface area (Å²) in [6, 6.07) is 58.3. The molecule has 2 heterocycles. The second-order valence-corrected chi connectivity index (χ2v) is 16.4. The van der Waals surface area contributed by atoms with Crippen molar-refractivity contribution in [1.82, 2.24) is 15.0 Å². The van der Waals surface area contributed by atoms with Crippen LogP contribution in [0, 0.1) is 11.3 Å². The summed E-state index contributed by atoms with van der Waals surface area (Å²) < 4.78 is 2.55. The molecule has 1 fully saturated rings. The third kappa shape index (κ3) is 5.51. The minimum Gasteiger partial charge on any atom is -0.208 e. The second-order valence-electron chi connectivity index (χ2n) is 15.3. The van der Waals surface area contributed by atoms with Gasteiger partial charge in [0.2, 0.25) is 0 Å². The zero-order valence-corrected chi connectivity index (χ0v) is 32.1. The fourth-order valence-corrected chi connectivity index (χ4v) is 10.7. The number of hydrogen-bond acceptors (Lipinski definition) is 5. The number of rotatable bonds is 5. The second kappa shape index (κ2) is 13.5. The van der Waals surface area contributed by atoms with Gasteiger partial charge in [-0.05, 0) is 87.7 Å². The zero-order valence-electron chi connectivity index (χ0n) is 31.2. The van der Waals surface area contributed by atoms with E-state index >= 15 is 0 Å². The van der Waals surface area contributed by atoms with Crippen LogP contribution in [0.15, 0.2) is 158 Å². The summed E-state index contributed by atoms with van der Waals surface area (Å²) in [5.41, 5.74) is 13.2. The summed E-state index contributed by atoms with van der Waals surface area (Å²) in [6.45, 7) is 0. The fraction of sp³-hybridized carbons (Fsp3) is 0.115. The van der Waals surface area contributed by atoms with Gasteiger partial charge in [0.1, 0.15) is 0 Å². The molecule has 0 aliphatic heterocycles. The highest BCUT2D eigenvalue weighted by atomic mass is 32.1. The number of benzene rings is 7. The van der Waals surface area contributed by atoms with Crippen LogP contribution in [0.3, 0.4) is 0 Å². The molecule has 0 saturated heterocycles. The van der Waals surface area contributed by atoms with E-state index in [0.29, 0.717) is 17.5 Å². The van der Waals surface area contributed by atoms with E-state index in [1.165, 1.54) is 61.7 Å². The number of nitrogens with zero attached hydrogens (tertiary/aromatic N) is 4. The summed E-state index contributed by atoms with van der Waals surface area (Å²) in [4.78, 5) is 15.7. The highest BCUT2D eigenvalue weighted by Crippen LogP contribution is 2.56.